The van der Waals surface area contributed by atoms with Gasteiger partial charge in [0.2, 0.25) is 5.01 Å². The monoisotopic (exact) mass is 703 g/mol. The van der Waals surface area contributed by atoms with Crippen LogP contribution >= 0.6 is 11.3 Å². The first-order valence-corrected chi connectivity index (χ1v) is 15.3. The van der Waals surface area contributed by atoms with E-state index in [9.17, 15) is 40.3 Å². The number of benzene rings is 1. The molecule has 18 heteroatoms. The number of amides is 2. The van der Waals surface area contributed by atoms with Gasteiger partial charge in [-0.15, -0.1) is 28.5 Å². The molecule has 10 nitrogen and oxygen atoms in total. The molecule has 1 aromatic carbocycles. The molecule has 0 aliphatic carbocycles. The molecule has 0 fully saturated rings. The number of halogens is 7. The summed E-state index contributed by atoms with van der Waals surface area (Å²) in [6, 6.07) is 5.12. The van der Waals surface area contributed by atoms with Gasteiger partial charge in [-0.05, 0) is 50.0 Å². The predicted octanol–water partition coefficient (Wildman–Crippen LogP) is 6.45. The van der Waals surface area contributed by atoms with E-state index in [1.165, 1.54) is 31.3 Å². The third-order valence-corrected chi connectivity index (χ3v) is 7.68. The number of carbonyl (C=O) groups excluding carboxylic acids is 2. The molecule has 260 valence electrons. The molecule has 0 radical (unpaired) electrons. The average molecular weight is 704 g/mol. The smallest absolute Gasteiger partial charge is 0.406 e. The fraction of sp³-hybridized carbons (Fsp3) is 0.400. The second kappa shape index (κ2) is 17.0. The van der Waals surface area contributed by atoms with Gasteiger partial charge in [-0.25, -0.2) is 9.07 Å². The molecular weight excluding hydrogens is 671 g/mol. The summed E-state index contributed by atoms with van der Waals surface area (Å²) >= 11 is 0.933. The van der Waals surface area contributed by atoms with Crippen LogP contribution < -0.4 is 15.4 Å². The van der Waals surface area contributed by atoms with Gasteiger partial charge in [0, 0.05) is 19.5 Å². The second-order valence-corrected chi connectivity index (χ2v) is 11.3. The molecule has 0 spiro atoms. The Morgan fingerprint density at radius 3 is 2.48 bits per heavy atom. The standard InChI is InChI=1S/C30H32F7N7O3S/c1-4-18(3)20(9-10-21(5-2)29(32,33)34)15-39-26(45)24-17-44(43-40-24)16-22(31)11-12-25-41-42-28(48-25)27(46)38-14-19-7-6-8-23(13-19)47-30(35,36)37/h5-10,13,17,22H,4,11-12,14-16H2,1-3H3,(H,38,46)(H,39,45)/b10-9-,20-18+,21-5+. The highest BCUT2D eigenvalue weighted by atomic mass is 32.1. The topological polar surface area (TPSA) is 124 Å². The Bertz CT molecular complexity index is 1650. The van der Waals surface area contributed by atoms with Crippen molar-refractivity contribution in [3.8, 4) is 5.75 Å². The van der Waals surface area contributed by atoms with Crippen molar-refractivity contribution in [3.05, 3.63) is 86.7 Å². The van der Waals surface area contributed by atoms with Crippen molar-refractivity contribution < 1.29 is 45.1 Å². The molecule has 1 atom stereocenters. The number of ether oxygens (including phenoxy) is 1. The van der Waals surface area contributed by atoms with Gasteiger partial charge in [-0.2, -0.15) is 13.2 Å². The molecule has 0 aliphatic heterocycles. The maximum Gasteiger partial charge on any atom is 0.573 e. The predicted molar refractivity (Wildman–Crippen MR) is 162 cm³/mol. The minimum atomic E-state index is -4.85. The highest BCUT2D eigenvalue weighted by Gasteiger charge is 2.31. The zero-order chi connectivity index (χ0) is 35.5. The molecule has 1 unspecified atom stereocenters. The lowest BCUT2D eigenvalue weighted by Gasteiger charge is -2.10. The summed E-state index contributed by atoms with van der Waals surface area (Å²) in [7, 11) is 0. The lowest BCUT2D eigenvalue weighted by atomic mass is 10.1. The van der Waals surface area contributed by atoms with Crippen molar-refractivity contribution in [2.45, 2.75) is 71.8 Å². The highest BCUT2D eigenvalue weighted by molar-refractivity contribution is 7.13. The van der Waals surface area contributed by atoms with Crippen molar-refractivity contribution in [2.75, 3.05) is 6.54 Å². The Balaban J connectivity index is 1.47. The molecule has 3 aromatic rings. The average Bonchev–Trinajstić information content (AvgIpc) is 3.69. The highest BCUT2D eigenvalue weighted by Crippen LogP contribution is 2.27. The van der Waals surface area contributed by atoms with E-state index in [0.29, 0.717) is 22.6 Å². The maximum absolute atomic E-state index is 14.7. The van der Waals surface area contributed by atoms with E-state index in [1.807, 2.05) is 6.92 Å². The molecule has 2 aromatic heterocycles. The normalized spacial score (nSPS) is 13.8. The maximum atomic E-state index is 14.7. The van der Waals surface area contributed by atoms with Gasteiger partial charge in [0.15, 0.2) is 5.69 Å². The quantitative estimate of drug-likeness (QED) is 0.138. The van der Waals surface area contributed by atoms with E-state index in [2.05, 4.69) is 35.9 Å². The van der Waals surface area contributed by atoms with Gasteiger partial charge in [-0.1, -0.05) is 59.4 Å². The summed E-state index contributed by atoms with van der Waals surface area (Å²) in [5.74, 6) is -1.68. The van der Waals surface area contributed by atoms with Gasteiger partial charge in [0.25, 0.3) is 11.8 Å². The van der Waals surface area contributed by atoms with Crippen LogP contribution in [0.3, 0.4) is 0 Å². The van der Waals surface area contributed by atoms with E-state index in [0.717, 1.165) is 45.9 Å². The summed E-state index contributed by atoms with van der Waals surface area (Å²) in [6.07, 6.45) is -5.69. The molecule has 2 N–H and O–H groups in total. The molecule has 0 aliphatic rings. The first kappa shape index (κ1) is 37.8. The van der Waals surface area contributed by atoms with Crippen LogP contribution in [-0.4, -0.2) is 62.3 Å². The van der Waals surface area contributed by atoms with Crippen LogP contribution in [0.4, 0.5) is 30.7 Å². The summed E-state index contributed by atoms with van der Waals surface area (Å²) < 4.78 is 96.3. The van der Waals surface area contributed by atoms with Crippen LogP contribution in [0.1, 0.15) is 64.5 Å². The first-order valence-electron chi connectivity index (χ1n) is 14.5. The Kier molecular flexibility index (Phi) is 13.4. The molecule has 2 amide bonds. The summed E-state index contributed by atoms with van der Waals surface area (Å²) in [5.41, 5.74) is 0.700. The van der Waals surface area contributed by atoms with E-state index < -0.39 is 41.8 Å². The third kappa shape index (κ3) is 12.2. The number of hydrogen-bond donors (Lipinski definition) is 2. The molecule has 0 bridgehead atoms. The molecule has 3 rings (SSSR count). The number of nitrogens with one attached hydrogen (secondary N) is 2. The molecule has 2 heterocycles. The van der Waals surface area contributed by atoms with Crippen LogP contribution in [0, 0.1) is 0 Å². The molecule has 48 heavy (non-hydrogen) atoms. The number of hydrogen-bond acceptors (Lipinski definition) is 8. The molecule has 0 saturated heterocycles. The lowest BCUT2D eigenvalue weighted by Crippen LogP contribution is -2.26. The number of aromatic nitrogens is 5. The Morgan fingerprint density at radius 2 is 1.81 bits per heavy atom. The number of aryl methyl sites for hydroxylation is 1. The van der Waals surface area contributed by atoms with Gasteiger partial charge < -0.3 is 15.4 Å². The van der Waals surface area contributed by atoms with E-state index in [-0.39, 0.29) is 43.2 Å². The Labute approximate surface area is 274 Å². The van der Waals surface area contributed by atoms with Gasteiger partial charge in [0.1, 0.15) is 16.9 Å². The largest absolute Gasteiger partial charge is 0.573 e. The summed E-state index contributed by atoms with van der Waals surface area (Å²) in [6.45, 7) is 4.46. The van der Waals surface area contributed by atoms with E-state index in [4.69, 9.17) is 0 Å². The van der Waals surface area contributed by atoms with Crippen molar-refractivity contribution in [3.63, 3.8) is 0 Å². The molecule has 0 saturated carbocycles. The van der Waals surface area contributed by atoms with Crippen molar-refractivity contribution >= 4 is 23.2 Å². The Hall–Kier alpha value is -4.61. The first-order chi connectivity index (χ1) is 22.6. The number of allylic oxidation sites excluding steroid dienone is 4. The number of rotatable bonds is 15. The van der Waals surface area contributed by atoms with Gasteiger partial charge in [0.05, 0.1) is 18.3 Å². The van der Waals surface area contributed by atoms with Gasteiger partial charge in [-0.3, -0.25) is 9.59 Å². The van der Waals surface area contributed by atoms with Crippen molar-refractivity contribution in [1.29, 1.82) is 0 Å². The lowest BCUT2D eigenvalue weighted by molar-refractivity contribution is -0.274. The van der Waals surface area contributed by atoms with Crippen LogP contribution in [0.2, 0.25) is 0 Å². The van der Waals surface area contributed by atoms with Crippen LogP contribution in [-0.2, 0) is 19.5 Å². The van der Waals surface area contributed by atoms with Crippen molar-refractivity contribution in [1.82, 2.24) is 35.8 Å². The van der Waals surface area contributed by atoms with E-state index >= 15 is 0 Å². The summed E-state index contributed by atoms with van der Waals surface area (Å²) in [5, 5.41) is 20.7. The zero-order valence-electron chi connectivity index (χ0n) is 26.0. The zero-order valence-corrected chi connectivity index (χ0v) is 26.8. The van der Waals surface area contributed by atoms with Crippen LogP contribution in [0.25, 0.3) is 0 Å². The van der Waals surface area contributed by atoms with Crippen LogP contribution in [0.15, 0.2) is 65.4 Å². The van der Waals surface area contributed by atoms with E-state index in [1.54, 1.807) is 6.92 Å². The fourth-order valence-electron chi connectivity index (χ4n) is 4.01. The van der Waals surface area contributed by atoms with Crippen molar-refractivity contribution in [2.24, 2.45) is 0 Å². The van der Waals surface area contributed by atoms with Crippen LogP contribution in [0.5, 0.6) is 5.75 Å². The Morgan fingerprint density at radius 1 is 1.06 bits per heavy atom. The molecular formula is C30H32F7N7O3S. The fourth-order valence-corrected chi connectivity index (χ4v) is 4.78. The number of alkyl halides is 7. The number of nitrogens with zero attached hydrogens (tertiary/aromatic N) is 5. The second-order valence-electron chi connectivity index (χ2n) is 10.3. The SMILES string of the molecule is C\C=C(/C=C\C(CNC(=O)c1cn(CC(F)CCc2nnc(C(=O)NCc3cccc(OC(F)(F)F)c3)s2)nn1)=C(\C)CC)C(F)(F)F. The third-order valence-electron chi connectivity index (χ3n) is 6.69. The minimum Gasteiger partial charge on any atom is -0.406 e. The van der Waals surface area contributed by atoms with Gasteiger partial charge >= 0.3 is 12.5 Å². The number of carbonyl (C=O) groups is 2. The summed E-state index contributed by atoms with van der Waals surface area (Å²) in [4.78, 5) is 25.1. The minimum absolute atomic E-state index is 0.0136.